The summed E-state index contributed by atoms with van der Waals surface area (Å²) in [5, 5.41) is 14.8. The van der Waals surface area contributed by atoms with Gasteiger partial charge in [0.15, 0.2) is 0 Å². The summed E-state index contributed by atoms with van der Waals surface area (Å²) in [6.07, 6.45) is 8.65. The number of pyridine rings is 1. The Kier molecular flexibility index (Phi) is 7.46. The van der Waals surface area contributed by atoms with Crippen LogP contribution >= 0.6 is 0 Å². The van der Waals surface area contributed by atoms with E-state index in [1.807, 2.05) is 41.5 Å². The maximum atomic E-state index is 10.1. The summed E-state index contributed by atoms with van der Waals surface area (Å²) >= 11 is 0. The number of aliphatic hydroxyl groups is 1. The highest BCUT2D eigenvalue weighted by atomic mass is 16.5. The molecule has 1 aliphatic rings. The van der Waals surface area contributed by atoms with Gasteiger partial charge in [-0.25, -0.2) is 9.97 Å². The van der Waals surface area contributed by atoms with Crippen molar-refractivity contribution in [1.29, 1.82) is 0 Å². The van der Waals surface area contributed by atoms with Crippen molar-refractivity contribution in [2.75, 3.05) is 26.8 Å². The molecule has 0 spiro atoms. The van der Waals surface area contributed by atoms with Gasteiger partial charge < -0.3 is 9.84 Å². The lowest BCUT2D eigenvalue weighted by atomic mass is 9.96. The molecule has 4 heterocycles. The van der Waals surface area contributed by atoms with Gasteiger partial charge in [-0.3, -0.25) is 14.6 Å². The van der Waals surface area contributed by atoms with Gasteiger partial charge in [-0.1, -0.05) is 18.2 Å². The first-order valence-corrected chi connectivity index (χ1v) is 12.4. The minimum atomic E-state index is -0.455. The van der Waals surface area contributed by atoms with E-state index in [0.29, 0.717) is 19.6 Å². The molecule has 0 amide bonds. The van der Waals surface area contributed by atoms with E-state index in [4.69, 9.17) is 14.8 Å². The Morgan fingerprint density at radius 3 is 2.86 bits per heavy atom. The summed E-state index contributed by atoms with van der Waals surface area (Å²) in [6, 6.07) is 12.5. The van der Waals surface area contributed by atoms with Crippen LogP contribution in [0.1, 0.15) is 29.4 Å². The number of aliphatic hydroxyl groups excluding tert-OH is 1. The molecule has 5 rings (SSSR count). The Morgan fingerprint density at radius 2 is 2.06 bits per heavy atom. The van der Waals surface area contributed by atoms with Crippen LogP contribution in [0.3, 0.4) is 0 Å². The van der Waals surface area contributed by atoms with Crippen LogP contribution < -0.4 is 0 Å². The zero-order valence-electron chi connectivity index (χ0n) is 20.8. The quantitative estimate of drug-likeness (QED) is 0.390. The molecule has 186 valence electrons. The molecule has 8 heteroatoms. The number of β-amino-alcohol motifs (C(OH)–C–C–N with tert-alkyl or cyclic N) is 1. The average Bonchev–Trinajstić information content (AvgIpc) is 3.34. The van der Waals surface area contributed by atoms with E-state index in [-0.39, 0.29) is 0 Å². The molecule has 0 saturated heterocycles. The van der Waals surface area contributed by atoms with E-state index >= 15 is 0 Å². The molecule has 1 atom stereocenters. The normalized spacial score (nSPS) is 14.5. The first kappa shape index (κ1) is 24.2. The molecular formula is C28H32N6O2. The van der Waals surface area contributed by atoms with Gasteiger partial charge in [-0.15, -0.1) is 0 Å². The monoisotopic (exact) mass is 484 g/mol. The van der Waals surface area contributed by atoms with Gasteiger partial charge in [-0.2, -0.15) is 5.10 Å². The molecule has 36 heavy (non-hydrogen) atoms. The number of hydrogen-bond donors (Lipinski definition) is 1. The van der Waals surface area contributed by atoms with Crippen molar-refractivity contribution in [1.82, 2.24) is 29.6 Å². The van der Waals surface area contributed by atoms with Crippen molar-refractivity contribution in [2.45, 2.75) is 39.0 Å². The minimum absolute atomic E-state index is 0.365. The van der Waals surface area contributed by atoms with Crippen molar-refractivity contribution in [2.24, 2.45) is 0 Å². The van der Waals surface area contributed by atoms with Crippen molar-refractivity contribution in [3.8, 4) is 22.5 Å². The van der Waals surface area contributed by atoms with Crippen molar-refractivity contribution >= 4 is 0 Å². The molecule has 4 aromatic rings. The number of aromatic nitrogens is 5. The van der Waals surface area contributed by atoms with E-state index in [0.717, 1.165) is 54.4 Å². The van der Waals surface area contributed by atoms with Gasteiger partial charge in [0.25, 0.3) is 0 Å². The average molecular weight is 485 g/mol. The summed E-state index contributed by atoms with van der Waals surface area (Å²) in [5.41, 5.74) is 7.58. The predicted octanol–water partition coefficient (Wildman–Crippen LogP) is 3.38. The van der Waals surface area contributed by atoms with Crippen LogP contribution in [-0.4, -0.2) is 67.6 Å². The summed E-state index contributed by atoms with van der Waals surface area (Å²) in [5.74, 6) is 0.786. The van der Waals surface area contributed by atoms with E-state index < -0.39 is 6.10 Å². The maximum Gasteiger partial charge on any atom is 0.133 e. The van der Waals surface area contributed by atoms with Crippen LogP contribution in [0.15, 0.2) is 61.2 Å². The second-order valence-corrected chi connectivity index (χ2v) is 9.22. The number of aryl methyl sites for hydroxylation is 1. The predicted molar refractivity (Wildman–Crippen MR) is 138 cm³/mol. The van der Waals surface area contributed by atoms with E-state index in [2.05, 4.69) is 40.0 Å². The van der Waals surface area contributed by atoms with Gasteiger partial charge in [0, 0.05) is 75.6 Å². The first-order chi connectivity index (χ1) is 17.6. The van der Waals surface area contributed by atoms with E-state index in [1.165, 1.54) is 16.7 Å². The summed E-state index contributed by atoms with van der Waals surface area (Å²) < 4.78 is 6.99. The zero-order valence-corrected chi connectivity index (χ0v) is 20.8. The van der Waals surface area contributed by atoms with Crippen LogP contribution in [0.4, 0.5) is 0 Å². The van der Waals surface area contributed by atoms with E-state index in [1.54, 1.807) is 13.3 Å². The van der Waals surface area contributed by atoms with Crippen LogP contribution in [0.2, 0.25) is 0 Å². The highest BCUT2D eigenvalue weighted by molar-refractivity contribution is 5.78. The number of benzene rings is 1. The minimum Gasteiger partial charge on any atom is -0.389 e. The van der Waals surface area contributed by atoms with Gasteiger partial charge in [0.1, 0.15) is 11.5 Å². The number of methoxy groups -OCH3 is 1. The highest BCUT2D eigenvalue weighted by Gasteiger charge is 2.20. The van der Waals surface area contributed by atoms with Crippen LogP contribution in [0.25, 0.3) is 22.5 Å². The molecular weight excluding hydrogens is 452 g/mol. The van der Waals surface area contributed by atoms with Crippen molar-refractivity contribution < 1.29 is 9.84 Å². The number of nitrogens with zero attached hydrogens (tertiary/aromatic N) is 6. The second kappa shape index (κ2) is 11.1. The number of rotatable bonds is 9. The van der Waals surface area contributed by atoms with Crippen LogP contribution in [0, 0.1) is 0 Å². The van der Waals surface area contributed by atoms with Crippen LogP contribution in [0.5, 0.6) is 0 Å². The SMILES string of the molecule is CCn1cc(-c2ccnc(Cc3ccc4c(c3)CCN(CC(O)COC)C4)n2)c(-c2cccnc2)n1. The summed E-state index contributed by atoms with van der Waals surface area (Å²) in [4.78, 5) is 16.0. The molecule has 1 aromatic carbocycles. The highest BCUT2D eigenvalue weighted by Crippen LogP contribution is 2.30. The van der Waals surface area contributed by atoms with Gasteiger partial charge in [0.2, 0.25) is 0 Å². The molecule has 0 bridgehead atoms. The molecule has 1 N–H and O–H groups in total. The number of fused-ring (bicyclic) bond motifs is 1. The van der Waals surface area contributed by atoms with Gasteiger partial charge >= 0.3 is 0 Å². The largest absolute Gasteiger partial charge is 0.389 e. The van der Waals surface area contributed by atoms with Gasteiger partial charge in [0.05, 0.1) is 18.4 Å². The first-order valence-electron chi connectivity index (χ1n) is 12.4. The molecule has 8 nitrogen and oxygen atoms in total. The maximum absolute atomic E-state index is 10.1. The van der Waals surface area contributed by atoms with Gasteiger partial charge in [-0.05, 0) is 48.2 Å². The Morgan fingerprint density at radius 1 is 1.14 bits per heavy atom. The topological polar surface area (TPSA) is 89.2 Å². The fourth-order valence-electron chi connectivity index (χ4n) is 4.78. The van der Waals surface area contributed by atoms with Crippen molar-refractivity contribution in [3.63, 3.8) is 0 Å². The fraction of sp³-hybridized carbons (Fsp3) is 0.357. The summed E-state index contributed by atoms with van der Waals surface area (Å²) in [7, 11) is 1.62. The van der Waals surface area contributed by atoms with Crippen LogP contribution in [-0.2, 0) is 30.7 Å². The third-order valence-electron chi connectivity index (χ3n) is 6.55. The molecule has 1 aliphatic heterocycles. The molecule has 3 aromatic heterocycles. The lowest BCUT2D eigenvalue weighted by Crippen LogP contribution is -2.38. The zero-order chi connectivity index (χ0) is 24.9. The Bertz CT molecular complexity index is 1310. The van der Waals surface area contributed by atoms with Crippen molar-refractivity contribution in [3.05, 3.63) is 83.7 Å². The number of hydrogen-bond acceptors (Lipinski definition) is 7. The Balaban J connectivity index is 1.34. The molecule has 0 fully saturated rings. The molecule has 1 unspecified atom stereocenters. The third kappa shape index (κ3) is 5.51. The molecule has 0 saturated carbocycles. The lowest BCUT2D eigenvalue weighted by Gasteiger charge is -2.30. The smallest absolute Gasteiger partial charge is 0.133 e. The lowest BCUT2D eigenvalue weighted by molar-refractivity contribution is 0.0346. The summed E-state index contributed by atoms with van der Waals surface area (Å²) in [6.45, 7) is 5.63. The fourth-order valence-corrected chi connectivity index (χ4v) is 4.78. The Labute approximate surface area is 211 Å². The van der Waals surface area contributed by atoms with E-state index in [9.17, 15) is 5.11 Å². The molecule has 0 radical (unpaired) electrons. The third-order valence-corrected chi connectivity index (χ3v) is 6.55. The standard InChI is InChI=1S/C28H32N6O2/c1-3-34-18-25(28(32-34)22-5-4-10-29-15-22)26-8-11-30-27(31-26)14-20-6-7-23-16-33(12-9-21(23)13-20)17-24(35)19-36-2/h4-8,10-11,13,15,18,24,35H,3,9,12,14,16-17,19H2,1-2H3. The number of ether oxygens (including phenoxy) is 1. The molecule has 0 aliphatic carbocycles. The second-order valence-electron chi connectivity index (χ2n) is 9.22. The Hall–Kier alpha value is -3.46.